The molecule has 56 heavy (non-hydrogen) atoms. The molecule has 0 bridgehead atoms. The number of nitrogens with zero attached hydrogens (tertiary/aromatic N) is 1. The van der Waals surface area contributed by atoms with Crippen molar-refractivity contribution in [3.63, 3.8) is 0 Å². The zero-order valence-corrected chi connectivity index (χ0v) is 31.7. The third-order valence-electron chi connectivity index (χ3n) is 11.6. The van der Waals surface area contributed by atoms with Crippen LogP contribution in [0.3, 0.4) is 0 Å². The van der Waals surface area contributed by atoms with E-state index in [-0.39, 0.29) is 5.41 Å². The highest BCUT2D eigenvalue weighted by atomic mass is 15.1. The first-order valence-electron chi connectivity index (χ1n) is 19.5. The summed E-state index contributed by atoms with van der Waals surface area (Å²) in [7, 11) is 0. The fourth-order valence-corrected chi connectivity index (χ4v) is 9.07. The van der Waals surface area contributed by atoms with Crippen LogP contribution in [-0.4, -0.2) is 0 Å². The number of fused-ring (bicyclic) bond motifs is 4. The summed E-state index contributed by atoms with van der Waals surface area (Å²) in [6.07, 6.45) is 0. The molecule has 0 N–H and O–H groups in total. The summed E-state index contributed by atoms with van der Waals surface area (Å²) in [5, 5.41) is 2.43. The Morgan fingerprint density at radius 2 is 0.875 bits per heavy atom. The van der Waals surface area contributed by atoms with Gasteiger partial charge < -0.3 is 4.90 Å². The number of para-hydroxylation sites is 1. The Morgan fingerprint density at radius 1 is 0.339 bits per heavy atom. The first-order valence-corrected chi connectivity index (χ1v) is 19.5. The average Bonchev–Trinajstić information content (AvgIpc) is 3.50. The van der Waals surface area contributed by atoms with Crippen molar-refractivity contribution in [1.82, 2.24) is 0 Å². The largest absolute Gasteiger partial charge is 0.309 e. The van der Waals surface area contributed by atoms with Gasteiger partial charge in [-0.15, -0.1) is 0 Å². The van der Waals surface area contributed by atoms with Gasteiger partial charge in [-0.2, -0.15) is 0 Å². The molecule has 1 aliphatic carbocycles. The van der Waals surface area contributed by atoms with E-state index in [1.54, 1.807) is 0 Å². The van der Waals surface area contributed by atoms with Gasteiger partial charge in [0, 0.05) is 22.2 Å². The van der Waals surface area contributed by atoms with E-state index < -0.39 is 0 Å². The van der Waals surface area contributed by atoms with Gasteiger partial charge in [0.25, 0.3) is 0 Å². The summed E-state index contributed by atoms with van der Waals surface area (Å²) >= 11 is 0. The Morgan fingerprint density at radius 3 is 1.68 bits per heavy atom. The Balaban J connectivity index is 1.30. The van der Waals surface area contributed by atoms with Gasteiger partial charge in [0.15, 0.2) is 0 Å². The van der Waals surface area contributed by atoms with Gasteiger partial charge in [-0.25, -0.2) is 0 Å². The number of benzene rings is 9. The number of rotatable bonds is 7. The Kier molecular flexibility index (Phi) is 8.23. The Bertz CT molecular complexity index is 2880. The monoisotopic (exact) mass is 715 g/mol. The lowest BCUT2D eigenvalue weighted by Gasteiger charge is -2.32. The normalized spacial score (nSPS) is 12.6. The molecule has 0 aromatic heterocycles. The quantitative estimate of drug-likeness (QED) is 0.159. The van der Waals surface area contributed by atoms with Crippen molar-refractivity contribution in [3.8, 4) is 55.6 Å². The minimum absolute atomic E-state index is 0.181. The van der Waals surface area contributed by atoms with Crippen molar-refractivity contribution >= 4 is 27.8 Å². The molecule has 0 heterocycles. The molecule has 9 aromatic carbocycles. The molecule has 0 saturated heterocycles. The van der Waals surface area contributed by atoms with Crippen LogP contribution in [-0.2, 0) is 5.41 Å². The van der Waals surface area contributed by atoms with Crippen molar-refractivity contribution in [2.24, 2.45) is 0 Å². The van der Waals surface area contributed by atoms with Gasteiger partial charge >= 0.3 is 0 Å². The minimum Gasteiger partial charge on any atom is -0.309 e. The molecule has 10 rings (SSSR count). The first-order chi connectivity index (χ1) is 27.6. The molecule has 0 atom stereocenters. The lowest BCUT2D eigenvalue weighted by molar-refractivity contribution is 0.662. The number of anilines is 3. The van der Waals surface area contributed by atoms with Gasteiger partial charge in [0.2, 0.25) is 0 Å². The fourth-order valence-electron chi connectivity index (χ4n) is 9.07. The van der Waals surface area contributed by atoms with E-state index >= 15 is 0 Å². The van der Waals surface area contributed by atoms with Crippen molar-refractivity contribution in [3.05, 3.63) is 223 Å². The Labute approximate surface area is 329 Å². The summed E-state index contributed by atoms with van der Waals surface area (Å²) < 4.78 is 0. The SMILES string of the molecule is CC1(C)c2ccccc2-c2cccc(-c3cccc(N(c4ccc5ccccc5c4)c4ccccc4-c4ccccc4)c3-c3cccc(-c4ccccc4)c3)c21. The molecule has 0 radical (unpaired) electrons. The van der Waals surface area contributed by atoms with Crippen LogP contribution in [0, 0.1) is 0 Å². The Hall–Kier alpha value is -6.96. The van der Waals surface area contributed by atoms with E-state index in [9.17, 15) is 0 Å². The smallest absolute Gasteiger partial charge is 0.0546 e. The second-order valence-corrected chi connectivity index (χ2v) is 15.3. The molecule has 266 valence electrons. The summed E-state index contributed by atoms with van der Waals surface area (Å²) in [6, 6.07) is 77.7. The average molecular weight is 716 g/mol. The molecule has 0 saturated carbocycles. The molecule has 0 fully saturated rings. The summed E-state index contributed by atoms with van der Waals surface area (Å²) in [5.74, 6) is 0. The number of hydrogen-bond donors (Lipinski definition) is 0. The lowest BCUT2D eigenvalue weighted by Crippen LogP contribution is -2.17. The fraction of sp³-hybridized carbons (Fsp3) is 0.0545. The second-order valence-electron chi connectivity index (χ2n) is 15.3. The van der Waals surface area contributed by atoms with Gasteiger partial charge in [0.05, 0.1) is 11.4 Å². The molecule has 0 unspecified atom stereocenters. The van der Waals surface area contributed by atoms with E-state index in [1.807, 2.05) is 0 Å². The summed E-state index contributed by atoms with van der Waals surface area (Å²) in [5.41, 5.74) is 18.2. The van der Waals surface area contributed by atoms with Crippen molar-refractivity contribution in [1.29, 1.82) is 0 Å². The minimum atomic E-state index is -0.181. The van der Waals surface area contributed by atoms with E-state index in [1.165, 1.54) is 77.5 Å². The van der Waals surface area contributed by atoms with Crippen LogP contribution in [0.4, 0.5) is 17.1 Å². The maximum atomic E-state index is 2.49. The van der Waals surface area contributed by atoms with Crippen LogP contribution >= 0.6 is 0 Å². The van der Waals surface area contributed by atoms with Gasteiger partial charge in [0.1, 0.15) is 0 Å². The zero-order chi connectivity index (χ0) is 37.6. The van der Waals surface area contributed by atoms with Crippen molar-refractivity contribution in [2.75, 3.05) is 4.90 Å². The maximum absolute atomic E-state index is 2.49. The predicted molar refractivity (Wildman–Crippen MR) is 238 cm³/mol. The molecule has 0 amide bonds. The van der Waals surface area contributed by atoms with Crippen LogP contribution in [0.1, 0.15) is 25.0 Å². The van der Waals surface area contributed by atoms with Crippen LogP contribution < -0.4 is 4.90 Å². The zero-order valence-electron chi connectivity index (χ0n) is 31.7. The second kappa shape index (κ2) is 13.7. The van der Waals surface area contributed by atoms with E-state index in [4.69, 9.17) is 0 Å². The van der Waals surface area contributed by atoms with Crippen molar-refractivity contribution in [2.45, 2.75) is 19.3 Å². The summed E-state index contributed by atoms with van der Waals surface area (Å²) in [6.45, 7) is 4.77. The molecule has 1 heteroatoms. The highest BCUT2D eigenvalue weighted by Gasteiger charge is 2.38. The van der Waals surface area contributed by atoms with Crippen LogP contribution in [0.2, 0.25) is 0 Å². The van der Waals surface area contributed by atoms with Gasteiger partial charge in [-0.3, -0.25) is 0 Å². The third kappa shape index (κ3) is 5.63. The molecule has 1 nitrogen and oxygen atoms in total. The molecular weight excluding hydrogens is 675 g/mol. The third-order valence-corrected chi connectivity index (χ3v) is 11.6. The molecule has 0 spiro atoms. The van der Waals surface area contributed by atoms with Crippen LogP contribution in [0.5, 0.6) is 0 Å². The van der Waals surface area contributed by atoms with Crippen LogP contribution in [0.25, 0.3) is 66.4 Å². The maximum Gasteiger partial charge on any atom is 0.0546 e. The highest BCUT2D eigenvalue weighted by Crippen LogP contribution is 2.55. The number of hydrogen-bond acceptors (Lipinski definition) is 1. The predicted octanol–water partition coefficient (Wildman–Crippen LogP) is 15.3. The molecular formula is C55H41N. The highest BCUT2D eigenvalue weighted by molar-refractivity contribution is 6.02. The molecule has 9 aromatic rings. The molecule has 0 aliphatic heterocycles. The first kappa shape index (κ1) is 33.6. The van der Waals surface area contributed by atoms with Gasteiger partial charge in [-0.05, 0) is 96.7 Å². The van der Waals surface area contributed by atoms with E-state index in [2.05, 4.69) is 231 Å². The van der Waals surface area contributed by atoms with Crippen molar-refractivity contribution < 1.29 is 0 Å². The molecule has 1 aliphatic rings. The lowest BCUT2D eigenvalue weighted by atomic mass is 9.77. The van der Waals surface area contributed by atoms with E-state index in [0.717, 1.165) is 17.1 Å². The van der Waals surface area contributed by atoms with Crippen LogP contribution in [0.15, 0.2) is 212 Å². The van der Waals surface area contributed by atoms with Gasteiger partial charge in [-0.1, -0.05) is 196 Å². The topological polar surface area (TPSA) is 3.24 Å². The summed E-state index contributed by atoms with van der Waals surface area (Å²) in [4.78, 5) is 2.49. The van der Waals surface area contributed by atoms with E-state index in [0.29, 0.717) is 0 Å². The standard InChI is InChI=1S/C55H41N/c1-55(2)50-31-13-11-27-46(50)48-29-16-30-49(54(48)55)47-28-17-33-52(53(47)43-25-15-24-41(36-43)38-18-5-3-6-19-38)56(44-35-34-39-20-9-10-23-42(39)37-44)51-32-14-12-26-45(51)40-21-7-4-8-22-40/h3-37H,1-2H3.